The van der Waals surface area contributed by atoms with E-state index < -0.39 is 5.82 Å². The van der Waals surface area contributed by atoms with Crippen molar-refractivity contribution >= 4 is 23.4 Å². The predicted molar refractivity (Wildman–Crippen MR) is 73.4 cm³/mol. The highest BCUT2D eigenvalue weighted by Gasteiger charge is 2.26. The average Bonchev–Trinajstić information content (AvgIpc) is 2.85. The van der Waals surface area contributed by atoms with Crippen LogP contribution in [-0.2, 0) is 0 Å². The molecule has 0 spiro atoms. The lowest BCUT2D eigenvalue weighted by molar-refractivity contribution is 0.0743. The molecule has 1 aliphatic heterocycles. The zero-order valence-electron chi connectivity index (χ0n) is 10.6. The van der Waals surface area contributed by atoms with Gasteiger partial charge in [-0.15, -0.1) is 0 Å². The Kier molecular flexibility index (Phi) is 3.80. The van der Waals surface area contributed by atoms with Gasteiger partial charge >= 0.3 is 0 Å². The Bertz CT molecular complexity index is 472. The van der Waals surface area contributed by atoms with Crippen LogP contribution < -0.4 is 5.73 Å². The Morgan fingerprint density at radius 1 is 1.56 bits per heavy atom. The highest BCUT2D eigenvalue weighted by molar-refractivity contribution is 7.99. The molecule has 1 heterocycles. The topological polar surface area (TPSA) is 46.3 Å². The number of rotatable bonds is 2. The molecule has 0 aliphatic carbocycles. The van der Waals surface area contributed by atoms with E-state index in [1.807, 2.05) is 11.8 Å². The lowest BCUT2D eigenvalue weighted by Gasteiger charge is -2.24. The van der Waals surface area contributed by atoms with Crippen LogP contribution in [0.1, 0.15) is 22.3 Å². The van der Waals surface area contributed by atoms with E-state index in [1.54, 1.807) is 18.9 Å². The lowest BCUT2D eigenvalue weighted by Crippen LogP contribution is -2.37. The molecule has 0 bridgehead atoms. The van der Waals surface area contributed by atoms with Gasteiger partial charge in [-0.25, -0.2) is 4.39 Å². The van der Waals surface area contributed by atoms with Crippen molar-refractivity contribution in [2.75, 3.05) is 24.3 Å². The van der Waals surface area contributed by atoms with Crippen LogP contribution >= 0.6 is 11.8 Å². The summed E-state index contributed by atoms with van der Waals surface area (Å²) >= 11 is 1.82. The SMILES string of the molecule is Cc1cc(N)cc(C(=O)N(C)C2CCSC2)c1F. The minimum absolute atomic E-state index is 0.0758. The van der Waals surface area contributed by atoms with Crippen molar-refractivity contribution in [1.29, 1.82) is 0 Å². The van der Waals surface area contributed by atoms with Gasteiger partial charge in [0.05, 0.1) is 5.56 Å². The van der Waals surface area contributed by atoms with Crippen LogP contribution in [0.2, 0.25) is 0 Å². The van der Waals surface area contributed by atoms with Gasteiger partial charge in [0.25, 0.3) is 5.91 Å². The van der Waals surface area contributed by atoms with E-state index in [0.29, 0.717) is 11.3 Å². The summed E-state index contributed by atoms with van der Waals surface area (Å²) in [6.07, 6.45) is 0.968. The van der Waals surface area contributed by atoms with Crippen LogP contribution in [0, 0.1) is 12.7 Å². The van der Waals surface area contributed by atoms with Crippen LogP contribution in [0.25, 0.3) is 0 Å². The monoisotopic (exact) mass is 268 g/mol. The van der Waals surface area contributed by atoms with Crippen LogP contribution in [0.4, 0.5) is 10.1 Å². The molecule has 1 aromatic rings. The first-order valence-electron chi connectivity index (χ1n) is 5.91. The molecular weight excluding hydrogens is 251 g/mol. The summed E-state index contributed by atoms with van der Waals surface area (Å²) in [5.74, 6) is 1.23. The van der Waals surface area contributed by atoms with E-state index >= 15 is 0 Å². The number of nitrogens with two attached hydrogens (primary N) is 1. The molecule has 1 fully saturated rings. The number of nitrogens with zero attached hydrogens (tertiary/aromatic N) is 1. The van der Waals surface area contributed by atoms with Crippen molar-refractivity contribution < 1.29 is 9.18 Å². The molecule has 18 heavy (non-hydrogen) atoms. The van der Waals surface area contributed by atoms with E-state index in [0.717, 1.165) is 17.9 Å². The summed E-state index contributed by atoms with van der Waals surface area (Å²) in [4.78, 5) is 13.9. The van der Waals surface area contributed by atoms with Crippen LogP contribution in [0.3, 0.4) is 0 Å². The molecule has 1 aliphatic rings. The van der Waals surface area contributed by atoms with Gasteiger partial charge in [-0.3, -0.25) is 4.79 Å². The minimum Gasteiger partial charge on any atom is -0.399 e. The first kappa shape index (κ1) is 13.2. The zero-order chi connectivity index (χ0) is 13.3. The number of thioether (sulfide) groups is 1. The number of anilines is 1. The summed E-state index contributed by atoms with van der Waals surface area (Å²) in [5.41, 5.74) is 6.59. The molecule has 2 N–H and O–H groups in total. The van der Waals surface area contributed by atoms with Crippen molar-refractivity contribution in [3.8, 4) is 0 Å². The quantitative estimate of drug-likeness (QED) is 0.837. The van der Waals surface area contributed by atoms with Gasteiger partial charge in [0.2, 0.25) is 0 Å². The first-order valence-corrected chi connectivity index (χ1v) is 7.06. The fourth-order valence-electron chi connectivity index (χ4n) is 2.14. The summed E-state index contributed by atoms with van der Waals surface area (Å²) in [5, 5.41) is 0. The van der Waals surface area contributed by atoms with Crippen molar-refractivity contribution in [2.45, 2.75) is 19.4 Å². The van der Waals surface area contributed by atoms with Gasteiger partial charge in [-0.2, -0.15) is 11.8 Å². The number of carbonyl (C=O) groups excluding carboxylic acids is 1. The third-order valence-electron chi connectivity index (χ3n) is 3.28. The fraction of sp³-hybridized carbons (Fsp3) is 0.462. The molecule has 1 unspecified atom stereocenters. The molecule has 98 valence electrons. The van der Waals surface area contributed by atoms with Crippen molar-refractivity contribution in [3.63, 3.8) is 0 Å². The number of hydrogen-bond donors (Lipinski definition) is 1. The third-order valence-corrected chi connectivity index (χ3v) is 4.43. The molecule has 3 nitrogen and oxygen atoms in total. The average molecular weight is 268 g/mol. The number of nitrogen functional groups attached to an aromatic ring is 1. The fourth-order valence-corrected chi connectivity index (χ4v) is 3.40. The molecule has 0 aromatic heterocycles. The second-order valence-corrected chi connectivity index (χ2v) is 5.78. The highest BCUT2D eigenvalue weighted by Crippen LogP contribution is 2.24. The van der Waals surface area contributed by atoms with Crippen LogP contribution in [0.5, 0.6) is 0 Å². The zero-order valence-corrected chi connectivity index (χ0v) is 11.4. The maximum absolute atomic E-state index is 14.0. The smallest absolute Gasteiger partial charge is 0.256 e. The van der Waals surface area contributed by atoms with E-state index in [1.165, 1.54) is 12.1 Å². The largest absolute Gasteiger partial charge is 0.399 e. The summed E-state index contributed by atoms with van der Waals surface area (Å²) in [6.45, 7) is 1.62. The highest BCUT2D eigenvalue weighted by atomic mass is 32.2. The Morgan fingerprint density at radius 3 is 2.89 bits per heavy atom. The van der Waals surface area contributed by atoms with Gasteiger partial charge in [-0.1, -0.05) is 0 Å². The molecule has 0 radical (unpaired) electrons. The van der Waals surface area contributed by atoms with Crippen molar-refractivity contribution in [3.05, 3.63) is 29.1 Å². The van der Waals surface area contributed by atoms with Gasteiger partial charge in [0.15, 0.2) is 0 Å². The maximum Gasteiger partial charge on any atom is 0.256 e. The molecule has 0 saturated carbocycles. The molecule has 1 saturated heterocycles. The normalized spacial score (nSPS) is 18.9. The number of hydrogen-bond acceptors (Lipinski definition) is 3. The molecule has 1 atom stereocenters. The van der Waals surface area contributed by atoms with E-state index in [9.17, 15) is 9.18 Å². The summed E-state index contributed by atoms with van der Waals surface area (Å²) in [7, 11) is 1.73. The molecular formula is C13H17FN2OS. The van der Waals surface area contributed by atoms with E-state index in [-0.39, 0.29) is 17.5 Å². The summed E-state index contributed by atoms with van der Waals surface area (Å²) in [6, 6.07) is 3.16. The third kappa shape index (κ3) is 2.46. The molecule has 1 amide bonds. The second-order valence-electron chi connectivity index (χ2n) is 4.63. The maximum atomic E-state index is 14.0. The van der Waals surface area contributed by atoms with Crippen LogP contribution in [-0.4, -0.2) is 35.4 Å². The molecule has 2 rings (SSSR count). The second kappa shape index (κ2) is 5.18. The van der Waals surface area contributed by atoms with Gasteiger partial charge in [0.1, 0.15) is 5.82 Å². The van der Waals surface area contributed by atoms with Crippen molar-refractivity contribution in [1.82, 2.24) is 4.90 Å². The van der Waals surface area contributed by atoms with Gasteiger partial charge in [0, 0.05) is 24.5 Å². The summed E-state index contributed by atoms with van der Waals surface area (Å²) < 4.78 is 14.0. The number of halogens is 1. The Hall–Kier alpha value is -1.23. The molecule has 5 heteroatoms. The van der Waals surface area contributed by atoms with Gasteiger partial charge < -0.3 is 10.6 Å². The number of benzene rings is 1. The van der Waals surface area contributed by atoms with E-state index in [4.69, 9.17) is 5.73 Å². The number of aryl methyl sites for hydroxylation is 1. The standard InChI is InChI=1S/C13H17FN2OS/c1-8-5-9(15)6-11(12(8)14)13(17)16(2)10-3-4-18-7-10/h5-6,10H,3-4,7,15H2,1-2H3. The van der Waals surface area contributed by atoms with Crippen molar-refractivity contribution in [2.24, 2.45) is 0 Å². The molecule has 1 aromatic carbocycles. The number of amides is 1. The van der Waals surface area contributed by atoms with Crippen LogP contribution in [0.15, 0.2) is 12.1 Å². The predicted octanol–water partition coefficient (Wildman–Crippen LogP) is 2.29. The Morgan fingerprint density at radius 2 is 2.28 bits per heavy atom. The Balaban J connectivity index is 2.27. The number of carbonyl (C=O) groups is 1. The lowest BCUT2D eigenvalue weighted by atomic mass is 10.1. The first-order chi connectivity index (χ1) is 8.50. The minimum atomic E-state index is -0.466. The Labute approximate surface area is 111 Å². The van der Waals surface area contributed by atoms with Gasteiger partial charge in [-0.05, 0) is 36.8 Å². The van der Waals surface area contributed by atoms with E-state index in [2.05, 4.69) is 0 Å².